The van der Waals surface area contributed by atoms with E-state index >= 15 is 0 Å². The number of rotatable bonds is 19. The third-order valence-corrected chi connectivity index (χ3v) is 24.1. The van der Waals surface area contributed by atoms with Gasteiger partial charge in [-0.1, -0.05) is 103 Å². The van der Waals surface area contributed by atoms with Gasteiger partial charge in [0.1, 0.15) is 75.1 Å². The number of ether oxygens (including phenoxy) is 2. The number of amidine groups is 5. The Hall–Kier alpha value is -18.2. The van der Waals surface area contributed by atoms with Gasteiger partial charge in [0.25, 0.3) is 0 Å². The van der Waals surface area contributed by atoms with Crippen LogP contribution in [0.25, 0.3) is 166 Å². The average Bonchev–Trinajstić information content (AvgIpc) is 1.78. The van der Waals surface area contributed by atoms with Gasteiger partial charge in [0.2, 0.25) is 0 Å². The molecule has 25 nitrogen and oxygen atoms in total. The van der Waals surface area contributed by atoms with Crippen molar-refractivity contribution >= 4 is 101 Å². The summed E-state index contributed by atoms with van der Waals surface area (Å²) in [5, 5.41) is 99.3. The zero-order valence-electron chi connectivity index (χ0n) is 75.3. The number of nitrogens with two attached hydrogens (primary N) is 6. The highest BCUT2D eigenvalue weighted by molar-refractivity contribution is 7.13. The smallest absolute Gasteiger partial charge is 0.407 e. The van der Waals surface area contributed by atoms with Crippen LogP contribution in [0, 0.1) is 32.9 Å². The predicted molar refractivity (Wildman–Crippen MR) is 555 cm³/mol. The molecule has 0 aliphatic heterocycles. The molecule has 20 rings (SSSR count). The number of benzene rings is 14. The number of H-pyrrole nitrogens is 5. The van der Waals surface area contributed by atoms with Gasteiger partial charge >= 0.3 is 6.09 Å². The van der Waals surface area contributed by atoms with Crippen molar-refractivity contribution < 1.29 is 44.2 Å². The number of hydrogen-bond acceptors (Lipinski definition) is 15. The Balaban J connectivity index is 0.000000125. The first kappa shape index (κ1) is 93.0. The minimum absolute atomic E-state index is 0.0100. The van der Waals surface area contributed by atoms with E-state index in [-0.39, 0.29) is 63.7 Å². The van der Waals surface area contributed by atoms with E-state index < -0.39 is 11.7 Å². The highest BCUT2D eigenvalue weighted by Crippen LogP contribution is 2.43. The Labute approximate surface area is 796 Å². The Kier molecular flexibility index (Phi) is 27.0. The van der Waals surface area contributed by atoms with Gasteiger partial charge in [0.15, 0.2) is 0 Å². The molecule has 0 fully saturated rings. The standard InChI is InChI=1S/C27H28N4O3.C22H20N4O.C22H19N3O2.C21H16FN3O.C19H15N3OS/c1-27(2,3)34-26(33)30-15-16-4-6-17(7-5-16)18-9-11-24(32)21(13-18)23-14-20-12-19(25(28)29)8-10-22(20)31-23;23-12-13-1-3-14(4-2-13)15-6-8-21(27)18(10-15)20-11-17-9-16(22(24)25)5-7-19(17)26-20;1-27-17-6-2-13(3-7-17)14-5-9-21(26)18(11-14)20-12-16-10-15(22(23)24)4-8-19(16)25-20;22-16-5-1-12(2-6-16)13-4-8-20(26)17(10-13)19-11-15-9-14(21(23)24)3-7-18(15)25-19;20-19(21)12-3-5-15-13(8-12)10-16(22-15)14-9-11(4-6-17(14)23)18-2-1-7-24-18/h4-14,31-32H,15H2,1-3H3,(H3,28,29)(H,30,33);1-11,26-27H,12,23H2,(H3,24,25);2-12,25-26H,1H3,(H3,23,24);1-11,25-26H,(H3,23,24);1-10,22-23H,(H3,20,21). The van der Waals surface area contributed by atoms with Crippen molar-refractivity contribution in [1.29, 1.82) is 27.0 Å². The van der Waals surface area contributed by atoms with Crippen LogP contribution in [0.4, 0.5) is 9.18 Å². The normalized spacial score (nSPS) is 11.1. The highest BCUT2D eigenvalue weighted by atomic mass is 32.1. The maximum Gasteiger partial charge on any atom is 0.407 e. The number of amides is 1. The molecule has 138 heavy (non-hydrogen) atoms. The molecule has 0 bridgehead atoms. The number of thiophene rings is 1. The SMILES string of the molecule is CC(C)(C)OC(=O)NCc1ccc(-c2ccc(O)c(-c3cc4cc(C(=N)N)ccc4[nH]3)c2)cc1.COc1ccc(-c2ccc(O)c(-c3cc4cc(C(=N)N)ccc4[nH]3)c2)cc1.N=C(N)c1ccc2[nH]c(-c3cc(-c4ccc(CN)cc4)ccc3O)cc2c1.N=C(N)c1ccc2[nH]c(-c3cc(-c4ccc(F)cc4)ccc3O)cc2c1.N=C(N)c1ccc2[nH]c(-c3cc(-c4cccs4)ccc3O)cc2c1. The van der Waals surface area contributed by atoms with E-state index in [1.807, 2.05) is 257 Å². The summed E-state index contributed by atoms with van der Waals surface area (Å²) in [7, 11) is 1.64. The minimum Gasteiger partial charge on any atom is -0.507 e. The third kappa shape index (κ3) is 21.6. The fourth-order valence-corrected chi connectivity index (χ4v) is 16.6. The predicted octanol–water partition coefficient (Wildman–Crippen LogP) is 23.2. The van der Waals surface area contributed by atoms with E-state index in [1.54, 1.807) is 91.2 Å². The van der Waals surface area contributed by atoms with Crippen molar-refractivity contribution in [2.45, 2.75) is 39.5 Å². The van der Waals surface area contributed by atoms with Crippen LogP contribution in [0.1, 0.15) is 59.7 Å². The first-order chi connectivity index (χ1) is 66.3. The van der Waals surface area contributed by atoms with Gasteiger partial charge in [-0.25, -0.2) is 9.18 Å². The number of aromatic amines is 5. The molecule has 0 unspecified atom stereocenters. The molecule has 14 aromatic carbocycles. The zero-order valence-corrected chi connectivity index (χ0v) is 76.1. The Morgan fingerprint density at radius 2 is 0.616 bits per heavy atom. The molecule has 0 atom stereocenters. The third-order valence-electron chi connectivity index (χ3n) is 23.1. The molecule has 1 amide bonds. The molecule has 0 saturated heterocycles. The van der Waals surface area contributed by atoms with E-state index in [1.165, 1.54) is 12.1 Å². The summed E-state index contributed by atoms with van der Waals surface area (Å²) in [5.74, 6) is 1.59. The number of phenols is 5. The Morgan fingerprint density at radius 1 is 0.348 bits per heavy atom. The van der Waals surface area contributed by atoms with Crippen molar-refractivity contribution in [3.63, 3.8) is 0 Å². The van der Waals surface area contributed by atoms with Gasteiger partial charge in [0, 0.05) is 128 Å². The van der Waals surface area contributed by atoms with Crippen LogP contribution in [0.15, 0.2) is 327 Å². The van der Waals surface area contributed by atoms with E-state index in [0.29, 0.717) is 57.6 Å². The van der Waals surface area contributed by atoms with Gasteiger partial charge in [-0.2, -0.15) is 0 Å². The summed E-state index contributed by atoms with van der Waals surface area (Å²) in [4.78, 5) is 29.6. The summed E-state index contributed by atoms with van der Waals surface area (Å²) < 4.78 is 23.6. The number of aromatic nitrogens is 5. The van der Waals surface area contributed by atoms with Crippen LogP contribution in [0.3, 0.4) is 0 Å². The van der Waals surface area contributed by atoms with E-state index in [4.69, 9.17) is 70.9 Å². The summed E-state index contributed by atoms with van der Waals surface area (Å²) in [6, 6.07) is 98.9. The molecule has 0 aliphatic carbocycles. The summed E-state index contributed by atoms with van der Waals surface area (Å²) in [6.45, 7) is 6.36. The number of halogens is 1. The number of fused-ring (bicyclic) bond motifs is 5. The van der Waals surface area contributed by atoms with E-state index in [0.717, 1.165) is 166 Å². The lowest BCUT2D eigenvalue weighted by Gasteiger charge is -2.19. The van der Waals surface area contributed by atoms with Gasteiger partial charge in [-0.3, -0.25) is 27.0 Å². The number of methoxy groups -OCH3 is 1. The summed E-state index contributed by atoms with van der Waals surface area (Å²) in [6.07, 6.45) is -0.450. The zero-order chi connectivity index (χ0) is 97.3. The lowest BCUT2D eigenvalue weighted by atomic mass is 10.00. The second kappa shape index (κ2) is 40.1. The number of phenolic OH excluding ortho intramolecular Hbond substituents is 5. The molecule has 688 valence electrons. The molecule has 0 radical (unpaired) electrons. The monoisotopic (exact) mass is 1850 g/mol. The second-order valence-corrected chi connectivity index (χ2v) is 34.8. The number of nitrogen functional groups attached to an aromatic ring is 5. The first-order valence-corrected chi connectivity index (χ1v) is 44.5. The number of alkyl carbamates (subject to hydrolysis) is 1. The quantitative estimate of drug-likeness (QED) is 0.0264. The largest absolute Gasteiger partial charge is 0.507 e. The fraction of sp³-hybridized carbons (Fsp3) is 0.0631. The molecule has 20 aromatic rings. The molecule has 6 heterocycles. The van der Waals surface area contributed by atoms with Crippen molar-refractivity contribution in [3.05, 3.63) is 372 Å². The van der Waals surface area contributed by atoms with E-state index in [2.05, 4.69) is 36.3 Å². The van der Waals surface area contributed by atoms with Crippen LogP contribution in [-0.4, -0.2) is 98.4 Å². The Bertz CT molecular complexity index is 7820. The maximum absolute atomic E-state index is 13.1. The number of nitrogens with one attached hydrogen (secondary N) is 11. The Morgan fingerprint density at radius 3 is 0.884 bits per heavy atom. The lowest BCUT2D eigenvalue weighted by Crippen LogP contribution is -2.32. The summed E-state index contributed by atoms with van der Waals surface area (Å²) >= 11 is 1.67. The number of aromatic hydroxyl groups is 5. The number of carbonyl (C=O) groups is 1. The molecule has 28 N–H and O–H groups in total. The van der Waals surface area contributed by atoms with Crippen LogP contribution in [0.5, 0.6) is 34.5 Å². The molecule has 0 saturated carbocycles. The van der Waals surface area contributed by atoms with Crippen molar-refractivity contribution in [2.24, 2.45) is 34.4 Å². The first-order valence-electron chi connectivity index (χ1n) is 43.6. The second-order valence-electron chi connectivity index (χ2n) is 33.8. The van der Waals surface area contributed by atoms with Gasteiger partial charge in [-0.05, 0) is 306 Å². The molecule has 0 spiro atoms. The molecular formula is C111H98FN17O8S. The highest BCUT2D eigenvalue weighted by Gasteiger charge is 2.21. The van der Waals surface area contributed by atoms with Crippen LogP contribution >= 0.6 is 11.3 Å². The van der Waals surface area contributed by atoms with Gasteiger partial charge < -0.3 is 99.6 Å². The van der Waals surface area contributed by atoms with Crippen LogP contribution < -0.4 is 44.5 Å². The molecule has 0 aliphatic rings. The van der Waals surface area contributed by atoms with Crippen LogP contribution in [-0.2, 0) is 17.8 Å². The van der Waals surface area contributed by atoms with Crippen molar-refractivity contribution in [1.82, 2.24) is 30.2 Å². The van der Waals surface area contributed by atoms with Gasteiger partial charge in [-0.15, -0.1) is 11.3 Å². The number of carbonyl (C=O) groups excluding carboxylic acids is 1. The molecule has 6 aromatic heterocycles. The molecular weight excluding hydrogens is 1750 g/mol. The minimum atomic E-state index is -0.536. The van der Waals surface area contributed by atoms with E-state index in [9.17, 15) is 34.7 Å². The molecule has 27 heteroatoms. The lowest BCUT2D eigenvalue weighted by molar-refractivity contribution is 0.0523. The van der Waals surface area contributed by atoms with Crippen LogP contribution in [0.2, 0.25) is 0 Å². The van der Waals surface area contributed by atoms with Gasteiger partial charge in [0.05, 0.1) is 35.6 Å². The number of hydrogen-bond donors (Lipinski definition) is 22. The summed E-state index contributed by atoms with van der Waals surface area (Å²) in [5.41, 5.74) is 59.2. The maximum atomic E-state index is 13.1. The van der Waals surface area contributed by atoms with Crippen molar-refractivity contribution in [2.75, 3.05) is 7.11 Å². The average molecular weight is 1850 g/mol. The topological polar surface area (TPSA) is 503 Å². The van der Waals surface area contributed by atoms with Crippen molar-refractivity contribution in [3.8, 4) is 146 Å². The fourth-order valence-electron chi connectivity index (χ4n) is 15.9.